The molecule has 3 aromatic carbocycles. The Morgan fingerprint density at radius 3 is 2.21 bits per heavy atom. The summed E-state index contributed by atoms with van der Waals surface area (Å²) in [6.07, 6.45) is 0. The number of hydrogen-bond acceptors (Lipinski definition) is 5. The molecule has 34 heavy (non-hydrogen) atoms. The van der Waals surface area contributed by atoms with Gasteiger partial charge in [0.25, 0.3) is 0 Å². The van der Waals surface area contributed by atoms with Gasteiger partial charge in [0.05, 0.1) is 10.6 Å². The van der Waals surface area contributed by atoms with Crippen molar-refractivity contribution in [3.8, 4) is 28.6 Å². The van der Waals surface area contributed by atoms with E-state index in [2.05, 4.69) is 6.58 Å². The number of nitrogens with zero attached hydrogens (tertiary/aromatic N) is 1. The summed E-state index contributed by atoms with van der Waals surface area (Å²) in [7, 11) is -3.91. The fourth-order valence-corrected chi connectivity index (χ4v) is 4.50. The zero-order valence-electron chi connectivity index (χ0n) is 17.9. The number of benzene rings is 3. The third-order valence-corrected chi connectivity index (χ3v) is 6.40. The molecule has 4 aromatic rings. The molecule has 0 saturated carbocycles. The first-order chi connectivity index (χ1) is 16.1. The molecular weight excluding hydrogens is 452 g/mol. The maximum Gasteiger partial charge on any atom is 0.238 e. The third-order valence-electron chi connectivity index (χ3n) is 5.43. The summed E-state index contributed by atoms with van der Waals surface area (Å²) in [5, 5.41) is 34.4. The quantitative estimate of drug-likeness (QED) is 0.213. The molecule has 0 bridgehead atoms. The zero-order chi connectivity index (χ0) is 24.6. The van der Waals surface area contributed by atoms with Gasteiger partial charge < -0.3 is 15.9 Å². The SMILES string of the molecule is C=C(c1cccc(C(=N)N)c1)c1cc(O)n(-c2ccc(-c3ccccc3S(N)(=O)=O)cc2)c1O. The largest absolute Gasteiger partial charge is 0.494 e. The second-order valence-corrected chi connectivity index (χ2v) is 9.17. The number of sulfonamides is 1. The molecule has 0 aliphatic heterocycles. The molecule has 172 valence electrons. The van der Waals surface area contributed by atoms with Crippen LogP contribution in [0.15, 0.2) is 90.3 Å². The smallest absolute Gasteiger partial charge is 0.238 e. The van der Waals surface area contributed by atoms with Crippen LogP contribution >= 0.6 is 0 Å². The fraction of sp³-hybridized carbons (Fsp3) is 0. The molecule has 1 heterocycles. The van der Waals surface area contributed by atoms with Gasteiger partial charge in [-0.25, -0.2) is 13.6 Å². The number of nitrogens with two attached hydrogens (primary N) is 2. The summed E-state index contributed by atoms with van der Waals surface area (Å²) < 4.78 is 25.1. The van der Waals surface area contributed by atoms with Gasteiger partial charge in [0.2, 0.25) is 15.9 Å². The van der Waals surface area contributed by atoms with Crippen LogP contribution in [0.2, 0.25) is 0 Å². The molecular formula is C25H22N4O4S. The number of primary sulfonamides is 1. The van der Waals surface area contributed by atoms with Crippen LogP contribution in [-0.4, -0.2) is 29.0 Å². The summed E-state index contributed by atoms with van der Waals surface area (Å²) in [5.41, 5.74) is 8.95. The fourth-order valence-electron chi connectivity index (χ4n) is 3.74. The number of aromatic hydroxyl groups is 2. The first-order valence-corrected chi connectivity index (χ1v) is 11.6. The van der Waals surface area contributed by atoms with Gasteiger partial charge in [-0.3, -0.25) is 9.98 Å². The molecule has 0 fully saturated rings. The minimum atomic E-state index is -3.91. The van der Waals surface area contributed by atoms with Gasteiger partial charge in [-0.1, -0.05) is 55.1 Å². The lowest BCUT2D eigenvalue weighted by Gasteiger charge is -2.11. The molecule has 0 aliphatic carbocycles. The second-order valence-electron chi connectivity index (χ2n) is 7.64. The van der Waals surface area contributed by atoms with E-state index in [1.165, 1.54) is 16.7 Å². The zero-order valence-corrected chi connectivity index (χ0v) is 18.8. The highest BCUT2D eigenvalue weighted by atomic mass is 32.2. The van der Waals surface area contributed by atoms with Crippen molar-refractivity contribution in [3.63, 3.8) is 0 Å². The monoisotopic (exact) mass is 474 g/mol. The maximum absolute atomic E-state index is 11.9. The molecule has 0 atom stereocenters. The van der Waals surface area contributed by atoms with Crippen LogP contribution in [0.5, 0.6) is 11.8 Å². The van der Waals surface area contributed by atoms with Crippen LogP contribution in [0, 0.1) is 5.41 Å². The molecule has 0 amide bonds. The Kier molecular flexibility index (Phi) is 5.74. The minimum absolute atomic E-state index is 0.000727. The van der Waals surface area contributed by atoms with Crippen molar-refractivity contribution in [2.45, 2.75) is 4.90 Å². The Morgan fingerprint density at radius 1 is 0.912 bits per heavy atom. The molecule has 0 radical (unpaired) electrons. The number of rotatable bonds is 6. The summed E-state index contributed by atoms with van der Waals surface area (Å²) in [4.78, 5) is 0.000727. The van der Waals surface area contributed by atoms with Crippen molar-refractivity contribution in [1.82, 2.24) is 4.57 Å². The molecule has 9 heteroatoms. The number of hydrogen-bond donors (Lipinski definition) is 5. The molecule has 1 aromatic heterocycles. The van der Waals surface area contributed by atoms with Crippen molar-refractivity contribution in [3.05, 3.63) is 102 Å². The van der Waals surface area contributed by atoms with Crippen LogP contribution < -0.4 is 10.9 Å². The first kappa shape index (κ1) is 22.8. The molecule has 8 nitrogen and oxygen atoms in total. The van der Waals surface area contributed by atoms with E-state index in [9.17, 15) is 18.6 Å². The lowest BCUT2D eigenvalue weighted by atomic mass is 9.99. The number of amidine groups is 1. The topological polar surface area (TPSA) is 155 Å². The molecule has 0 aliphatic rings. The molecule has 0 unspecified atom stereocenters. The van der Waals surface area contributed by atoms with E-state index in [0.717, 1.165) is 0 Å². The Hall–Kier alpha value is -4.34. The van der Waals surface area contributed by atoms with E-state index in [0.29, 0.717) is 39.1 Å². The van der Waals surface area contributed by atoms with Gasteiger partial charge in [0.1, 0.15) is 5.84 Å². The highest BCUT2D eigenvalue weighted by Gasteiger charge is 2.20. The predicted octanol–water partition coefficient (Wildman–Crippen LogP) is 3.55. The van der Waals surface area contributed by atoms with E-state index in [-0.39, 0.29) is 22.5 Å². The Labute approximate surface area is 196 Å². The van der Waals surface area contributed by atoms with Crippen LogP contribution in [-0.2, 0) is 10.0 Å². The summed E-state index contributed by atoms with van der Waals surface area (Å²) in [6.45, 7) is 4.03. The van der Waals surface area contributed by atoms with E-state index < -0.39 is 10.0 Å². The van der Waals surface area contributed by atoms with E-state index in [4.69, 9.17) is 16.3 Å². The van der Waals surface area contributed by atoms with Gasteiger partial charge in [-0.05, 0) is 41.0 Å². The standard InChI is InChI=1S/C25H22N4O4S/c1-15(17-5-4-6-18(13-17)24(26)27)21-14-23(30)29(25(21)31)19-11-9-16(10-12-19)20-7-2-3-8-22(20)34(28,32)33/h2-14,30-31H,1H2,(H3,26,27)(H2,28,32,33). The van der Waals surface area contributed by atoms with Crippen molar-refractivity contribution in [2.24, 2.45) is 10.9 Å². The number of nitrogen functional groups attached to an aromatic ring is 1. The molecule has 4 rings (SSSR count). The van der Waals surface area contributed by atoms with Crippen molar-refractivity contribution < 1.29 is 18.6 Å². The Bertz CT molecular complexity index is 1540. The van der Waals surface area contributed by atoms with E-state index in [1.54, 1.807) is 66.7 Å². The predicted molar refractivity (Wildman–Crippen MR) is 132 cm³/mol. The average molecular weight is 475 g/mol. The summed E-state index contributed by atoms with van der Waals surface area (Å²) in [5.74, 6) is -0.536. The van der Waals surface area contributed by atoms with Crippen molar-refractivity contribution in [1.29, 1.82) is 5.41 Å². The van der Waals surface area contributed by atoms with Gasteiger partial charge in [0, 0.05) is 22.8 Å². The average Bonchev–Trinajstić information content (AvgIpc) is 3.12. The Balaban J connectivity index is 1.72. The first-order valence-electron chi connectivity index (χ1n) is 10.1. The third kappa shape index (κ3) is 4.17. The molecule has 7 N–H and O–H groups in total. The van der Waals surface area contributed by atoms with Crippen LogP contribution in [0.3, 0.4) is 0 Å². The van der Waals surface area contributed by atoms with Crippen LogP contribution in [0.25, 0.3) is 22.4 Å². The minimum Gasteiger partial charge on any atom is -0.494 e. The summed E-state index contributed by atoms with van der Waals surface area (Å²) >= 11 is 0. The lowest BCUT2D eigenvalue weighted by Crippen LogP contribution is -2.13. The highest BCUT2D eigenvalue weighted by molar-refractivity contribution is 7.89. The van der Waals surface area contributed by atoms with Gasteiger partial charge in [0.15, 0.2) is 5.88 Å². The van der Waals surface area contributed by atoms with Gasteiger partial charge in [-0.2, -0.15) is 0 Å². The second kappa shape index (κ2) is 8.54. The normalized spacial score (nSPS) is 11.3. The maximum atomic E-state index is 11.9. The van der Waals surface area contributed by atoms with E-state index in [1.807, 2.05) is 0 Å². The molecule has 0 saturated heterocycles. The molecule has 0 spiro atoms. The van der Waals surface area contributed by atoms with Crippen molar-refractivity contribution in [2.75, 3.05) is 0 Å². The summed E-state index contributed by atoms with van der Waals surface area (Å²) in [6, 6.07) is 21.2. The van der Waals surface area contributed by atoms with Crippen molar-refractivity contribution >= 4 is 21.4 Å². The lowest BCUT2D eigenvalue weighted by molar-refractivity contribution is 0.402. The van der Waals surface area contributed by atoms with Crippen LogP contribution in [0.1, 0.15) is 16.7 Å². The van der Waals surface area contributed by atoms with Gasteiger partial charge >= 0.3 is 0 Å². The highest BCUT2D eigenvalue weighted by Crippen LogP contribution is 2.38. The van der Waals surface area contributed by atoms with Gasteiger partial charge in [-0.15, -0.1) is 0 Å². The Morgan fingerprint density at radius 2 is 1.56 bits per heavy atom. The van der Waals surface area contributed by atoms with Crippen LogP contribution in [0.4, 0.5) is 0 Å². The van der Waals surface area contributed by atoms with E-state index >= 15 is 0 Å². The number of nitrogens with one attached hydrogen (secondary N) is 1. The number of aromatic nitrogens is 1.